The molecular weight excluding hydrogens is 248 g/mol. The van der Waals surface area contributed by atoms with Crippen molar-refractivity contribution in [2.75, 3.05) is 17.3 Å². The van der Waals surface area contributed by atoms with E-state index in [1.807, 2.05) is 0 Å². The highest BCUT2D eigenvalue weighted by Crippen LogP contribution is 2.35. The number of ether oxygens (including phenoxy) is 1. The Balaban J connectivity index is 2.43. The fraction of sp³-hybridized carbons (Fsp3) is 1.00. The lowest BCUT2D eigenvalue weighted by Crippen LogP contribution is -2.27. The van der Waals surface area contributed by atoms with E-state index in [9.17, 15) is 0 Å². The van der Waals surface area contributed by atoms with Crippen LogP contribution in [0.3, 0.4) is 0 Å². The first kappa shape index (κ1) is 8.02. The molecule has 1 rings (SSSR count). The minimum atomic E-state index is 0.306. The summed E-state index contributed by atoms with van der Waals surface area (Å²) < 4.78 is 5.20. The van der Waals surface area contributed by atoms with Gasteiger partial charge in [0.15, 0.2) is 0 Å². The third-order valence-electron chi connectivity index (χ3n) is 1.72. The summed E-state index contributed by atoms with van der Waals surface area (Å²) in [6.45, 7) is 3.15. The normalized spacial score (nSPS) is 26.3. The lowest BCUT2D eigenvalue weighted by molar-refractivity contribution is 0.279. The largest absolute Gasteiger partial charge is 0.372 e. The summed E-state index contributed by atoms with van der Waals surface area (Å²) in [5, 5.41) is 2.02. The molecule has 1 heterocycles. The number of alkyl halides is 2. The Labute approximate surface area is 72.4 Å². The molecular formula is C6H10Br2O. The average Bonchev–Trinajstić information content (AvgIpc) is 2.68. The van der Waals surface area contributed by atoms with Crippen LogP contribution in [0, 0.1) is 5.41 Å². The summed E-state index contributed by atoms with van der Waals surface area (Å²) in [7, 11) is 0. The second-order valence-electron chi connectivity index (χ2n) is 2.74. The molecule has 0 amide bonds. The zero-order valence-electron chi connectivity index (χ0n) is 5.36. The quantitative estimate of drug-likeness (QED) is 0.558. The van der Waals surface area contributed by atoms with Gasteiger partial charge in [0.25, 0.3) is 0 Å². The Hall–Kier alpha value is 0.920. The van der Waals surface area contributed by atoms with E-state index < -0.39 is 0 Å². The van der Waals surface area contributed by atoms with E-state index in [1.54, 1.807) is 0 Å². The van der Waals surface area contributed by atoms with Crippen molar-refractivity contribution < 1.29 is 4.74 Å². The number of rotatable bonds is 3. The van der Waals surface area contributed by atoms with Gasteiger partial charge < -0.3 is 4.74 Å². The van der Waals surface area contributed by atoms with Crippen molar-refractivity contribution in [3.63, 3.8) is 0 Å². The van der Waals surface area contributed by atoms with Crippen LogP contribution in [0.1, 0.15) is 6.92 Å². The highest BCUT2D eigenvalue weighted by Gasteiger charge is 2.41. The fourth-order valence-corrected chi connectivity index (χ4v) is 2.31. The van der Waals surface area contributed by atoms with Crippen LogP contribution >= 0.6 is 31.9 Å². The van der Waals surface area contributed by atoms with Crippen molar-refractivity contribution in [1.29, 1.82) is 0 Å². The number of halogens is 2. The van der Waals surface area contributed by atoms with Gasteiger partial charge in [-0.05, 0) is 0 Å². The zero-order valence-corrected chi connectivity index (χ0v) is 8.53. The molecule has 0 aromatic heterocycles. The van der Waals surface area contributed by atoms with Gasteiger partial charge in [0.2, 0.25) is 0 Å². The van der Waals surface area contributed by atoms with Crippen LogP contribution in [-0.4, -0.2) is 23.4 Å². The molecule has 1 atom stereocenters. The molecule has 0 aromatic rings. The minimum Gasteiger partial charge on any atom is -0.372 e. The molecule has 0 aliphatic carbocycles. The van der Waals surface area contributed by atoms with E-state index in [2.05, 4.69) is 38.8 Å². The molecule has 1 unspecified atom stereocenters. The van der Waals surface area contributed by atoms with Crippen LogP contribution in [-0.2, 0) is 4.74 Å². The number of hydrogen-bond donors (Lipinski definition) is 0. The van der Waals surface area contributed by atoms with E-state index in [0.717, 1.165) is 17.3 Å². The van der Waals surface area contributed by atoms with Crippen LogP contribution < -0.4 is 0 Å². The molecule has 0 bridgehead atoms. The molecule has 1 aliphatic heterocycles. The monoisotopic (exact) mass is 256 g/mol. The fourth-order valence-electron chi connectivity index (χ4n) is 0.658. The van der Waals surface area contributed by atoms with Crippen LogP contribution in [0.25, 0.3) is 0 Å². The van der Waals surface area contributed by atoms with Gasteiger partial charge in [-0.3, -0.25) is 0 Å². The van der Waals surface area contributed by atoms with Gasteiger partial charge in [-0.1, -0.05) is 38.8 Å². The Morgan fingerprint density at radius 3 is 2.11 bits per heavy atom. The van der Waals surface area contributed by atoms with E-state index >= 15 is 0 Å². The molecule has 0 spiro atoms. The number of hydrogen-bond acceptors (Lipinski definition) is 1. The van der Waals surface area contributed by atoms with Crippen LogP contribution in [0.15, 0.2) is 0 Å². The summed E-state index contributed by atoms with van der Waals surface area (Å²) in [6.07, 6.45) is 0.483. The molecule has 0 saturated carbocycles. The summed E-state index contributed by atoms with van der Waals surface area (Å²) >= 11 is 6.93. The van der Waals surface area contributed by atoms with Gasteiger partial charge in [-0.2, -0.15) is 0 Å². The maximum Gasteiger partial charge on any atom is 0.0879 e. The standard InChI is InChI=1S/C6H10Br2O/c1-6(3-7,4-8)5-2-9-5/h5H,2-4H2,1H3. The van der Waals surface area contributed by atoms with E-state index in [1.165, 1.54) is 0 Å². The topological polar surface area (TPSA) is 12.5 Å². The lowest BCUT2D eigenvalue weighted by atomic mass is 9.93. The van der Waals surface area contributed by atoms with E-state index in [-0.39, 0.29) is 0 Å². The second-order valence-corrected chi connectivity index (χ2v) is 3.86. The van der Waals surface area contributed by atoms with E-state index in [4.69, 9.17) is 4.74 Å². The average molecular weight is 258 g/mol. The smallest absolute Gasteiger partial charge is 0.0879 e. The maximum atomic E-state index is 5.20. The third kappa shape index (κ3) is 1.69. The molecule has 0 aromatic carbocycles. The van der Waals surface area contributed by atoms with Crippen molar-refractivity contribution in [3.8, 4) is 0 Å². The predicted molar refractivity (Wildman–Crippen MR) is 45.4 cm³/mol. The SMILES string of the molecule is CC(CBr)(CBr)C1CO1. The maximum absolute atomic E-state index is 5.20. The van der Waals surface area contributed by atoms with Crippen LogP contribution in [0.2, 0.25) is 0 Å². The molecule has 54 valence electrons. The van der Waals surface area contributed by atoms with Crippen LogP contribution in [0.4, 0.5) is 0 Å². The van der Waals surface area contributed by atoms with Crippen LogP contribution in [0.5, 0.6) is 0 Å². The summed E-state index contributed by atoms with van der Waals surface area (Å²) in [4.78, 5) is 0. The first-order chi connectivity index (χ1) is 4.23. The lowest BCUT2D eigenvalue weighted by Gasteiger charge is -2.21. The van der Waals surface area contributed by atoms with Gasteiger partial charge in [-0.15, -0.1) is 0 Å². The zero-order chi connectivity index (χ0) is 6.91. The highest BCUT2D eigenvalue weighted by molar-refractivity contribution is 9.09. The molecule has 1 aliphatic rings. The molecule has 1 nitrogen and oxygen atoms in total. The number of epoxide rings is 1. The summed E-state index contributed by atoms with van der Waals surface area (Å²) in [5.74, 6) is 0. The Morgan fingerprint density at radius 2 is 2.00 bits per heavy atom. The van der Waals surface area contributed by atoms with E-state index in [0.29, 0.717) is 11.5 Å². The minimum absolute atomic E-state index is 0.306. The molecule has 3 heteroatoms. The van der Waals surface area contributed by atoms with Gasteiger partial charge in [0, 0.05) is 16.1 Å². The first-order valence-electron chi connectivity index (χ1n) is 2.96. The first-order valence-corrected chi connectivity index (χ1v) is 5.21. The van der Waals surface area contributed by atoms with Gasteiger partial charge in [0.05, 0.1) is 12.7 Å². The van der Waals surface area contributed by atoms with Crippen molar-refractivity contribution in [3.05, 3.63) is 0 Å². The predicted octanol–water partition coefficient (Wildman–Crippen LogP) is 2.18. The van der Waals surface area contributed by atoms with Crippen molar-refractivity contribution in [2.45, 2.75) is 13.0 Å². The molecule has 0 radical (unpaired) electrons. The Bertz CT molecular complexity index is 97.2. The Kier molecular flexibility index (Phi) is 2.57. The van der Waals surface area contributed by atoms with Crippen molar-refractivity contribution in [2.24, 2.45) is 5.41 Å². The van der Waals surface area contributed by atoms with Crippen molar-refractivity contribution in [1.82, 2.24) is 0 Å². The molecule has 9 heavy (non-hydrogen) atoms. The summed E-state index contributed by atoms with van der Waals surface area (Å²) in [5.41, 5.74) is 0.306. The van der Waals surface area contributed by atoms with Gasteiger partial charge in [-0.25, -0.2) is 0 Å². The summed E-state index contributed by atoms with van der Waals surface area (Å²) in [6, 6.07) is 0. The van der Waals surface area contributed by atoms with Gasteiger partial charge in [0.1, 0.15) is 0 Å². The third-order valence-corrected chi connectivity index (χ3v) is 4.28. The highest BCUT2D eigenvalue weighted by atomic mass is 79.9. The molecule has 0 N–H and O–H groups in total. The molecule has 1 saturated heterocycles. The second kappa shape index (κ2) is 2.89. The molecule has 1 fully saturated rings. The Morgan fingerprint density at radius 1 is 1.56 bits per heavy atom. The van der Waals surface area contributed by atoms with Crippen molar-refractivity contribution >= 4 is 31.9 Å². The van der Waals surface area contributed by atoms with Gasteiger partial charge >= 0.3 is 0 Å².